The van der Waals surface area contributed by atoms with Crippen molar-refractivity contribution in [3.8, 4) is 5.75 Å². The van der Waals surface area contributed by atoms with Gasteiger partial charge in [0, 0.05) is 5.92 Å². The predicted molar refractivity (Wildman–Crippen MR) is 129 cm³/mol. The van der Waals surface area contributed by atoms with Crippen LogP contribution in [0, 0.1) is 11.7 Å². The lowest BCUT2D eigenvalue weighted by molar-refractivity contribution is -0.124. The monoisotopic (exact) mass is 517 g/mol. The molecule has 2 aromatic rings. The average molecular weight is 518 g/mol. The van der Waals surface area contributed by atoms with E-state index in [2.05, 4.69) is 4.72 Å². The van der Waals surface area contributed by atoms with Gasteiger partial charge in [0.1, 0.15) is 17.1 Å². The number of aromatic carboxylic acids is 1. The van der Waals surface area contributed by atoms with Crippen molar-refractivity contribution in [1.29, 1.82) is 0 Å². The Kier molecular flexibility index (Phi) is 6.26. The summed E-state index contributed by atoms with van der Waals surface area (Å²) in [5, 5.41) is 9.88. The largest absolute Gasteiger partial charge is 0.492 e. The SMILES string of the molecule is CCN1CCC[C@H]1C(=O)C(N)c1cc(F)ccc1S(=O)(=O)Nc1ccc2c(c1C(=O)O)OCC1CC21. The second kappa shape index (κ2) is 9.13. The van der Waals surface area contributed by atoms with E-state index in [0.29, 0.717) is 25.5 Å². The summed E-state index contributed by atoms with van der Waals surface area (Å²) in [5.41, 5.74) is 6.35. The second-order valence-corrected chi connectivity index (χ2v) is 11.2. The molecule has 0 bridgehead atoms. The molecule has 2 heterocycles. The molecular weight excluding hydrogens is 489 g/mol. The van der Waals surface area contributed by atoms with Gasteiger partial charge in [-0.3, -0.25) is 14.4 Å². The van der Waals surface area contributed by atoms with Gasteiger partial charge in [-0.1, -0.05) is 13.0 Å². The van der Waals surface area contributed by atoms with E-state index in [4.69, 9.17) is 10.5 Å². The summed E-state index contributed by atoms with van der Waals surface area (Å²) in [5.74, 6) is -1.74. The lowest BCUT2D eigenvalue weighted by Crippen LogP contribution is -2.41. The predicted octanol–water partition coefficient (Wildman–Crippen LogP) is 2.87. The van der Waals surface area contributed by atoms with Crippen LogP contribution in [0.1, 0.15) is 59.6 Å². The van der Waals surface area contributed by atoms with E-state index in [1.54, 1.807) is 6.07 Å². The number of carboxylic acid groups (broad SMARTS) is 1. The van der Waals surface area contributed by atoms with Crippen LogP contribution in [0.25, 0.3) is 0 Å². The molecule has 1 saturated heterocycles. The Morgan fingerprint density at radius 2 is 2.08 bits per heavy atom. The molecule has 4 atom stereocenters. The number of ketones is 1. The summed E-state index contributed by atoms with van der Waals surface area (Å²) >= 11 is 0. The molecule has 0 radical (unpaired) electrons. The second-order valence-electron chi connectivity index (χ2n) is 9.58. The number of nitrogens with zero attached hydrogens (tertiary/aromatic N) is 1. The Morgan fingerprint density at radius 3 is 2.81 bits per heavy atom. The summed E-state index contributed by atoms with van der Waals surface area (Å²) in [6, 6.07) is 4.17. The minimum Gasteiger partial charge on any atom is -0.492 e. The van der Waals surface area contributed by atoms with Crippen LogP contribution in [0.15, 0.2) is 35.2 Å². The van der Waals surface area contributed by atoms with Crippen LogP contribution in [-0.2, 0) is 14.8 Å². The van der Waals surface area contributed by atoms with Gasteiger partial charge in [-0.25, -0.2) is 17.6 Å². The van der Waals surface area contributed by atoms with Crippen molar-refractivity contribution >= 4 is 27.5 Å². The number of halogens is 1. The molecule has 1 saturated carbocycles. The summed E-state index contributed by atoms with van der Waals surface area (Å²) in [4.78, 5) is 26.9. The first-order valence-corrected chi connectivity index (χ1v) is 13.5. The van der Waals surface area contributed by atoms with Crippen LogP contribution in [0.3, 0.4) is 0 Å². The van der Waals surface area contributed by atoms with Crippen molar-refractivity contribution in [2.75, 3.05) is 24.4 Å². The fourth-order valence-corrected chi connectivity index (χ4v) is 6.75. The molecule has 0 spiro atoms. The van der Waals surface area contributed by atoms with Gasteiger partial charge in [0.05, 0.1) is 29.3 Å². The van der Waals surface area contributed by atoms with E-state index in [-0.39, 0.29) is 39.2 Å². The van der Waals surface area contributed by atoms with Crippen LogP contribution in [-0.4, -0.2) is 55.9 Å². The lowest BCUT2D eigenvalue weighted by Gasteiger charge is -2.25. The highest BCUT2D eigenvalue weighted by molar-refractivity contribution is 7.92. The highest BCUT2D eigenvalue weighted by atomic mass is 32.2. The van der Waals surface area contributed by atoms with Crippen molar-refractivity contribution in [2.24, 2.45) is 11.7 Å². The van der Waals surface area contributed by atoms with Crippen LogP contribution in [0.2, 0.25) is 0 Å². The maximum Gasteiger partial charge on any atom is 0.341 e. The van der Waals surface area contributed by atoms with Crippen molar-refractivity contribution in [2.45, 2.75) is 49.1 Å². The molecule has 192 valence electrons. The smallest absolute Gasteiger partial charge is 0.341 e. The maximum absolute atomic E-state index is 14.2. The molecule has 36 heavy (non-hydrogen) atoms. The number of nitrogens with two attached hydrogens (primary N) is 1. The maximum atomic E-state index is 14.2. The van der Waals surface area contributed by atoms with E-state index in [9.17, 15) is 27.5 Å². The first kappa shape index (κ1) is 24.7. The Hall–Kier alpha value is -3.02. The molecule has 2 fully saturated rings. The number of anilines is 1. The van der Waals surface area contributed by atoms with E-state index in [1.165, 1.54) is 6.07 Å². The van der Waals surface area contributed by atoms with E-state index < -0.39 is 33.9 Å². The molecule has 0 aromatic heterocycles. The van der Waals surface area contributed by atoms with Gasteiger partial charge in [-0.2, -0.15) is 0 Å². The molecular formula is C25H28FN3O6S. The fourth-order valence-electron chi connectivity index (χ4n) is 5.44. The van der Waals surface area contributed by atoms with Crippen LogP contribution in [0.4, 0.5) is 10.1 Å². The van der Waals surface area contributed by atoms with Gasteiger partial charge in [0.25, 0.3) is 10.0 Å². The number of sulfonamides is 1. The van der Waals surface area contributed by atoms with E-state index >= 15 is 0 Å². The summed E-state index contributed by atoms with van der Waals surface area (Å²) in [7, 11) is -4.45. The van der Waals surface area contributed by atoms with Crippen LogP contribution in [0.5, 0.6) is 5.75 Å². The molecule has 0 amide bonds. The number of likely N-dealkylation sites (N-methyl/N-ethyl adjacent to an activating group) is 1. The standard InChI is InChI=1S/C25H28FN3O6S/c1-2-29-9-3-4-19(29)23(30)22(27)17-11-14(26)5-8-20(17)36(33,34)28-18-7-6-15-16-10-13(16)12-35-24(15)21(18)25(31)32/h5-8,11,13,16,19,22,28H,2-4,9-10,12,27H2,1H3,(H,31,32)/t13?,16?,19-,22?/m0/s1. The number of Topliss-reactive ketones (excluding diaryl/α,β-unsaturated/α-hetero) is 1. The molecule has 3 aliphatic rings. The first-order valence-electron chi connectivity index (χ1n) is 12.0. The zero-order chi connectivity index (χ0) is 25.8. The van der Waals surface area contributed by atoms with Crippen molar-refractivity contribution in [3.05, 3.63) is 52.8 Å². The Balaban J connectivity index is 1.51. The average Bonchev–Trinajstić information content (AvgIpc) is 3.49. The van der Waals surface area contributed by atoms with Gasteiger partial charge in [0.2, 0.25) is 0 Å². The van der Waals surface area contributed by atoms with Crippen molar-refractivity contribution in [1.82, 2.24) is 4.90 Å². The number of carbonyl (C=O) groups excluding carboxylic acids is 1. The van der Waals surface area contributed by atoms with Gasteiger partial charge >= 0.3 is 5.97 Å². The summed E-state index contributed by atoms with van der Waals surface area (Å²) < 4.78 is 49.2. The number of hydrogen-bond acceptors (Lipinski definition) is 7. The minimum absolute atomic E-state index is 0.161. The molecule has 4 N–H and O–H groups in total. The number of carboxylic acids is 1. The number of likely N-dealkylation sites (tertiary alicyclic amines) is 1. The third-order valence-electron chi connectivity index (χ3n) is 7.41. The molecule has 9 nitrogen and oxygen atoms in total. The third-order valence-corrected chi connectivity index (χ3v) is 8.85. The molecule has 11 heteroatoms. The van der Waals surface area contributed by atoms with Gasteiger partial charge in [-0.15, -0.1) is 0 Å². The Bertz CT molecular complexity index is 1350. The Labute approximate surface area is 208 Å². The number of fused-ring (bicyclic) bond motifs is 3. The lowest BCUT2D eigenvalue weighted by atomic mass is 9.97. The molecule has 5 rings (SSSR count). The van der Waals surface area contributed by atoms with E-state index in [0.717, 1.165) is 43.1 Å². The van der Waals surface area contributed by atoms with E-state index in [1.807, 2.05) is 11.8 Å². The Morgan fingerprint density at radius 1 is 1.31 bits per heavy atom. The summed E-state index contributed by atoms with van der Waals surface area (Å²) in [6.45, 7) is 3.67. The highest BCUT2D eigenvalue weighted by Gasteiger charge is 2.45. The van der Waals surface area contributed by atoms with Crippen LogP contribution >= 0.6 is 0 Å². The molecule has 1 aliphatic carbocycles. The topological polar surface area (TPSA) is 139 Å². The molecule has 2 aliphatic heterocycles. The first-order chi connectivity index (χ1) is 17.1. The third kappa shape index (κ3) is 4.25. The quantitative estimate of drug-likeness (QED) is 0.486. The molecule has 3 unspecified atom stereocenters. The van der Waals surface area contributed by atoms with Gasteiger partial charge < -0.3 is 15.6 Å². The number of benzene rings is 2. The number of rotatable bonds is 8. The van der Waals surface area contributed by atoms with Gasteiger partial charge in [0.15, 0.2) is 5.78 Å². The van der Waals surface area contributed by atoms with Crippen LogP contribution < -0.4 is 15.2 Å². The number of ether oxygens (including phenoxy) is 1. The molecule has 2 aromatic carbocycles. The van der Waals surface area contributed by atoms with Crippen molar-refractivity contribution in [3.63, 3.8) is 0 Å². The zero-order valence-corrected chi connectivity index (χ0v) is 20.6. The van der Waals surface area contributed by atoms with Crippen molar-refractivity contribution < 1.29 is 32.2 Å². The van der Waals surface area contributed by atoms with Gasteiger partial charge in [-0.05, 0) is 73.7 Å². The fraction of sp³-hybridized carbons (Fsp3) is 0.440. The number of nitrogens with one attached hydrogen (secondary N) is 1. The number of hydrogen-bond donors (Lipinski definition) is 3. The number of carbonyl (C=O) groups is 2. The summed E-state index contributed by atoms with van der Waals surface area (Å²) in [6.07, 6.45) is 2.31. The minimum atomic E-state index is -4.45. The zero-order valence-electron chi connectivity index (χ0n) is 19.7. The normalized spacial score (nSPS) is 23.8. The highest BCUT2D eigenvalue weighted by Crippen LogP contribution is 2.55.